The molecule has 0 fully saturated rings. The van der Waals surface area contributed by atoms with Crippen LogP contribution in [0.2, 0.25) is 5.15 Å². The Labute approximate surface area is 103 Å². The van der Waals surface area contributed by atoms with Crippen molar-refractivity contribution in [1.82, 2.24) is 4.98 Å². The molecule has 2 nitrogen and oxygen atoms in total. The second-order valence-corrected chi connectivity index (χ2v) is 3.87. The predicted molar refractivity (Wildman–Crippen MR) is 64.0 cm³/mol. The van der Waals surface area contributed by atoms with Crippen LogP contribution in [0.1, 0.15) is 5.56 Å². The number of rotatable bonds is 2. The lowest BCUT2D eigenvalue weighted by molar-refractivity contribution is 0.628. The first-order chi connectivity index (χ1) is 8.20. The summed E-state index contributed by atoms with van der Waals surface area (Å²) in [6.45, 7) is 0. The lowest BCUT2D eigenvalue weighted by Crippen LogP contribution is -1.93. The van der Waals surface area contributed by atoms with E-state index < -0.39 is 0 Å². The van der Waals surface area contributed by atoms with Gasteiger partial charge in [-0.3, -0.25) is 0 Å². The Kier molecular flexibility index (Phi) is 3.36. The zero-order valence-electron chi connectivity index (χ0n) is 8.82. The van der Waals surface area contributed by atoms with Gasteiger partial charge in [-0.05, 0) is 23.8 Å². The summed E-state index contributed by atoms with van der Waals surface area (Å²) in [5.74, 6) is -0.341. The Morgan fingerprint density at radius 2 is 2.12 bits per heavy atom. The molecule has 0 spiro atoms. The van der Waals surface area contributed by atoms with Gasteiger partial charge in [-0.1, -0.05) is 29.8 Å². The van der Waals surface area contributed by atoms with Crippen LogP contribution < -0.4 is 0 Å². The third-order valence-corrected chi connectivity index (χ3v) is 2.52. The smallest absolute Gasteiger partial charge is 0.129 e. The van der Waals surface area contributed by atoms with Crippen LogP contribution in [0.3, 0.4) is 0 Å². The highest BCUT2D eigenvalue weighted by atomic mass is 35.5. The predicted octanol–water partition coefficient (Wildman–Crippen LogP) is 3.61. The monoisotopic (exact) mass is 246 g/mol. The first-order valence-electron chi connectivity index (χ1n) is 4.99. The van der Waals surface area contributed by atoms with Crippen molar-refractivity contribution in [2.45, 2.75) is 6.42 Å². The van der Waals surface area contributed by atoms with E-state index in [4.69, 9.17) is 16.9 Å². The van der Waals surface area contributed by atoms with Crippen LogP contribution >= 0.6 is 11.6 Å². The molecule has 2 aromatic rings. The van der Waals surface area contributed by atoms with Crippen molar-refractivity contribution in [3.63, 3.8) is 0 Å². The van der Waals surface area contributed by atoms with Gasteiger partial charge in [0, 0.05) is 5.56 Å². The fourth-order valence-corrected chi connectivity index (χ4v) is 1.73. The van der Waals surface area contributed by atoms with Gasteiger partial charge in [0.1, 0.15) is 11.0 Å². The number of benzene rings is 1. The minimum absolute atomic E-state index is 0.218. The van der Waals surface area contributed by atoms with E-state index in [9.17, 15) is 4.39 Å². The zero-order valence-corrected chi connectivity index (χ0v) is 9.58. The third kappa shape index (κ3) is 2.61. The molecular weight excluding hydrogens is 239 g/mol. The highest BCUT2D eigenvalue weighted by Gasteiger charge is 2.08. The first kappa shape index (κ1) is 11.6. The maximum Gasteiger partial charge on any atom is 0.129 e. The second kappa shape index (κ2) is 4.94. The van der Waals surface area contributed by atoms with Gasteiger partial charge >= 0.3 is 0 Å². The standard InChI is InChI=1S/C13H8ClFN2/c14-12-5-4-9(6-7-16)13(17-12)10-2-1-3-11(15)8-10/h1-5,8H,6H2. The van der Waals surface area contributed by atoms with Crippen LogP contribution in [-0.2, 0) is 6.42 Å². The summed E-state index contributed by atoms with van der Waals surface area (Å²) in [6, 6.07) is 11.5. The molecule has 17 heavy (non-hydrogen) atoms. The van der Waals surface area contributed by atoms with E-state index in [1.807, 2.05) is 0 Å². The molecular formula is C13H8ClFN2. The van der Waals surface area contributed by atoms with Crippen LogP contribution in [0.25, 0.3) is 11.3 Å². The Balaban J connectivity index is 2.57. The Morgan fingerprint density at radius 3 is 2.82 bits per heavy atom. The van der Waals surface area contributed by atoms with E-state index in [-0.39, 0.29) is 12.2 Å². The van der Waals surface area contributed by atoms with Crippen LogP contribution in [-0.4, -0.2) is 4.98 Å². The van der Waals surface area contributed by atoms with Gasteiger partial charge in [-0.15, -0.1) is 0 Å². The van der Waals surface area contributed by atoms with Crippen LogP contribution in [0.15, 0.2) is 36.4 Å². The molecule has 1 aromatic carbocycles. The van der Waals surface area contributed by atoms with Crippen molar-refractivity contribution >= 4 is 11.6 Å². The molecule has 0 unspecified atom stereocenters. The summed E-state index contributed by atoms with van der Waals surface area (Å²) in [7, 11) is 0. The number of halogens is 2. The molecule has 0 aliphatic rings. The summed E-state index contributed by atoms with van der Waals surface area (Å²) in [6.07, 6.45) is 0.218. The summed E-state index contributed by atoms with van der Waals surface area (Å²) in [5, 5.41) is 9.06. The summed E-state index contributed by atoms with van der Waals surface area (Å²) in [5.41, 5.74) is 1.92. The molecule has 0 saturated heterocycles. The van der Waals surface area contributed by atoms with E-state index in [1.165, 1.54) is 12.1 Å². The lowest BCUT2D eigenvalue weighted by atomic mass is 10.0. The maximum atomic E-state index is 13.1. The molecule has 84 valence electrons. The average molecular weight is 247 g/mol. The number of nitriles is 1. The number of hydrogen-bond acceptors (Lipinski definition) is 2. The first-order valence-corrected chi connectivity index (χ1v) is 5.37. The van der Waals surface area contributed by atoms with Crippen LogP contribution in [0.5, 0.6) is 0 Å². The SMILES string of the molecule is N#CCc1ccc(Cl)nc1-c1cccc(F)c1. The molecule has 0 atom stereocenters. The lowest BCUT2D eigenvalue weighted by Gasteiger charge is -2.06. The van der Waals surface area contributed by atoms with Crippen LogP contribution in [0.4, 0.5) is 4.39 Å². The zero-order chi connectivity index (χ0) is 12.3. The minimum atomic E-state index is -0.341. The topological polar surface area (TPSA) is 36.7 Å². The molecule has 1 aromatic heterocycles. The van der Waals surface area contributed by atoms with Gasteiger partial charge in [-0.25, -0.2) is 9.37 Å². The molecule has 2 rings (SSSR count). The molecule has 0 aliphatic heterocycles. The molecule has 0 N–H and O–H groups in total. The Hall–Kier alpha value is -1.92. The van der Waals surface area contributed by atoms with Gasteiger partial charge in [0.2, 0.25) is 0 Å². The van der Waals surface area contributed by atoms with Gasteiger partial charge < -0.3 is 0 Å². The van der Waals surface area contributed by atoms with E-state index in [1.54, 1.807) is 24.3 Å². The highest BCUT2D eigenvalue weighted by Crippen LogP contribution is 2.24. The highest BCUT2D eigenvalue weighted by molar-refractivity contribution is 6.29. The summed E-state index contributed by atoms with van der Waals surface area (Å²) >= 11 is 5.82. The van der Waals surface area contributed by atoms with E-state index in [2.05, 4.69) is 11.1 Å². The van der Waals surface area contributed by atoms with Crippen molar-refractivity contribution in [2.24, 2.45) is 0 Å². The Bertz CT molecular complexity index is 590. The van der Waals surface area contributed by atoms with Crippen molar-refractivity contribution in [3.8, 4) is 17.3 Å². The quantitative estimate of drug-likeness (QED) is 0.759. The number of aromatic nitrogens is 1. The molecule has 4 heteroatoms. The van der Waals surface area contributed by atoms with Gasteiger partial charge in [0.05, 0.1) is 18.2 Å². The molecule has 1 heterocycles. The van der Waals surface area contributed by atoms with Crippen molar-refractivity contribution < 1.29 is 4.39 Å². The van der Waals surface area contributed by atoms with Crippen LogP contribution in [0, 0.1) is 17.1 Å². The fourth-order valence-electron chi connectivity index (χ4n) is 1.58. The minimum Gasteiger partial charge on any atom is -0.236 e. The van der Waals surface area contributed by atoms with Gasteiger partial charge in [0.25, 0.3) is 0 Å². The van der Waals surface area contributed by atoms with E-state index in [0.29, 0.717) is 16.4 Å². The molecule has 0 bridgehead atoms. The normalized spacial score (nSPS) is 9.94. The molecule has 0 radical (unpaired) electrons. The van der Waals surface area contributed by atoms with E-state index >= 15 is 0 Å². The van der Waals surface area contributed by atoms with Crippen molar-refractivity contribution in [2.75, 3.05) is 0 Å². The summed E-state index contributed by atoms with van der Waals surface area (Å²) in [4.78, 5) is 4.15. The fraction of sp³-hybridized carbons (Fsp3) is 0.0769. The number of nitrogens with zero attached hydrogens (tertiary/aromatic N) is 2. The molecule has 0 aliphatic carbocycles. The molecule has 0 amide bonds. The largest absolute Gasteiger partial charge is 0.236 e. The summed E-state index contributed by atoms with van der Waals surface area (Å²) < 4.78 is 13.1. The second-order valence-electron chi connectivity index (χ2n) is 3.49. The van der Waals surface area contributed by atoms with Crippen molar-refractivity contribution in [3.05, 3.63) is 52.9 Å². The van der Waals surface area contributed by atoms with Gasteiger partial charge in [-0.2, -0.15) is 5.26 Å². The molecule has 0 saturated carbocycles. The Morgan fingerprint density at radius 1 is 1.29 bits per heavy atom. The number of pyridine rings is 1. The third-order valence-electron chi connectivity index (χ3n) is 2.31. The van der Waals surface area contributed by atoms with Gasteiger partial charge in [0.15, 0.2) is 0 Å². The number of hydrogen-bond donors (Lipinski definition) is 0. The maximum absolute atomic E-state index is 13.1. The van der Waals surface area contributed by atoms with E-state index in [0.717, 1.165) is 5.56 Å². The van der Waals surface area contributed by atoms with Crippen molar-refractivity contribution in [1.29, 1.82) is 5.26 Å². The average Bonchev–Trinajstić information content (AvgIpc) is 2.32.